The molecule has 1 aromatic carbocycles. The number of hydrogen-bond acceptors (Lipinski definition) is 4. The molecule has 0 amide bonds. The van der Waals surface area contributed by atoms with E-state index in [0.29, 0.717) is 5.56 Å². The molecule has 106 valence electrons. The van der Waals surface area contributed by atoms with E-state index in [1.807, 2.05) is 6.07 Å². The number of rotatable bonds is 3. The van der Waals surface area contributed by atoms with Gasteiger partial charge in [0, 0.05) is 6.20 Å². The van der Waals surface area contributed by atoms with Crippen molar-refractivity contribution in [2.75, 3.05) is 5.43 Å². The van der Waals surface area contributed by atoms with Gasteiger partial charge in [0.05, 0.1) is 23.4 Å². The molecule has 4 nitrogen and oxygen atoms in total. The smallest absolute Gasteiger partial charge is 0.261 e. The Kier molecular flexibility index (Phi) is 4.18. The van der Waals surface area contributed by atoms with Crippen molar-refractivity contribution in [1.82, 2.24) is 4.98 Å². The predicted molar refractivity (Wildman–Crippen MR) is 71.6 cm³/mol. The third kappa shape index (κ3) is 4.04. The highest BCUT2D eigenvalue weighted by molar-refractivity contribution is 5.80. The number of nitrogens with one attached hydrogen (secondary N) is 1. The van der Waals surface area contributed by atoms with Crippen molar-refractivity contribution in [3.8, 4) is 6.07 Å². The Bertz CT molecular complexity index is 667. The van der Waals surface area contributed by atoms with Gasteiger partial charge in [0.25, 0.3) is 0 Å². The second kappa shape index (κ2) is 6.05. The van der Waals surface area contributed by atoms with Crippen LogP contribution in [0.5, 0.6) is 0 Å². The summed E-state index contributed by atoms with van der Waals surface area (Å²) in [6.45, 7) is 0. The Balaban J connectivity index is 1.99. The molecule has 2 aromatic rings. The highest BCUT2D eigenvalue weighted by Gasteiger charge is 2.30. The number of nitriles is 1. The van der Waals surface area contributed by atoms with Crippen LogP contribution in [0.25, 0.3) is 0 Å². The Morgan fingerprint density at radius 3 is 2.38 bits per heavy atom. The minimum Gasteiger partial charge on any atom is -0.261 e. The average Bonchev–Trinajstić information content (AvgIpc) is 2.47. The lowest BCUT2D eigenvalue weighted by atomic mass is 10.2. The summed E-state index contributed by atoms with van der Waals surface area (Å²) < 4.78 is 37.0. The fourth-order valence-corrected chi connectivity index (χ4v) is 1.44. The fraction of sp³-hybridized carbons (Fsp3) is 0.0714. The first-order chi connectivity index (χ1) is 9.99. The molecular formula is C14H9F3N4. The van der Waals surface area contributed by atoms with Crippen molar-refractivity contribution in [3.05, 3.63) is 59.3 Å². The first-order valence-corrected chi connectivity index (χ1v) is 5.81. The van der Waals surface area contributed by atoms with Crippen molar-refractivity contribution in [3.63, 3.8) is 0 Å². The summed E-state index contributed by atoms with van der Waals surface area (Å²) in [5.41, 5.74) is 2.99. The highest BCUT2D eigenvalue weighted by atomic mass is 19.4. The van der Waals surface area contributed by atoms with Crippen LogP contribution in [0.1, 0.15) is 16.7 Å². The highest BCUT2D eigenvalue weighted by Crippen LogP contribution is 2.28. The molecule has 1 aromatic heterocycles. The molecule has 0 aliphatic rings. The molecule has 0 saturated carbocycles. The van der Waals surface area contributed by atoms with E-state index in [1.165, 1.54) is 12.3 Å². The number of halogens is 3. The predicted octanol–water partition coefficient (Wildman–Crippen LogP) is 3.42. The molecule has 0 radical (unpaired) electrons. The number of hydrazone groups is 1. The van der Waals surface area contributed by atoms with Crippen LogP contribution >= 0.6 is 0 Å². The molecule has 1 N–H and O–H groups in total. The van der Waals surface area contributed by atoms with Crippen molar-refractivity contribution in [1.29, 1.82) is 5.26 Å². The summed E-state index contributed by atoms with van der Waals surface area (Å²) in [6.07, 6.45) is -2.20. The van der Waals surface area contributed by atoms with Crippen molar-refractivity contribution < 1.29 is 13.2 Å². The van der Waals surface area contributed by atoms with Crippen LogP contribution in [-0.4, -0.2) is 11.2 Å². The zero-order valence-corrected chi connectivity index (χ0v) is 10.6. The minimum absolute atomic E-state index is 0.202. The van der Waals surface area contributed by atoms with E-state index < -0.39 is 11.7 Å². The molecule has 0 spiro atoms. The molecule has 0 saturated heterocycles. The van der Waals surface area contributed by atoms with E-state index in [9.17, 15) is 13.2 Å². The van der Waals surface area contributed by atoms with E-state index in [4.69, 9.17) is 5.26 Å². The lowest BCUT2D eigenvalue weighted by Gasteiger charge is -2.06. The largest absolute Gasteiger partial charge is 0.417 e. The van der Waals surface area contributed by atoms with Gasteiger partial charge in [-0.15, -0.1) is 0 Å². The first-order valence-electron chi connectivity index (χ1n) is 5.81. The Morgan fingerprint density at radius 1 is 1.14 bits per heavy atom. The van der Waals surface area contributed by atoms with Crippen LogP contribution in [0.4, 0.5) is 19.0 Å². The van der Waals surface area contributed by atoms with Gasteiger partial charge in [-0.3, -0.25) is 5.43 Å². The maximum atomic E-state index is 12.3. The second-order valence-electron chi connectivity index (χ2n) is 4.03. The molecule has 0 aliphatic heterocycles. The summed E-state index contributed by atoms with van der Waals surface area (Å²) in [5.74, 6) is 0.202. The third-order valence-corrected chi connectivity index (χ3v) is 2.52. The van der Waals surface area contributed by atoms with E-state index in [-0.39, 0.29) is 5.82 Å². The monoisotopic (exact) mass is 290 g/mol. The zero-order valence-electron chi connectivity index (χ0n) is 10.6. The molecule has 0 atom stereocenters. The second-order valence-corrected chi connectivity index (χ2v) is 4.03. The van der Waals surface area contributed by atoms with Gasteiger partial charge in [0.1, 0.15) is 5.82 Å². The molecule has 2 rings (SSSR count). The van der Waals surface area contributed by atoms with Gasteiger partial charge in [0.2, 0.25) is 0 Å². The quantitative estimate of drug-likeness (QED) is 0.696. The number of nitrogens with zero attached hydrogens (tertiary/aromatic N) is 3. The van der Waals surface area contributed by atoms with Crippen molar-refractivity contribution in [2.24, 2.45) is 5.10 Å². The Labute approximate surface area is 118 Å². The minimum atomic E-state index is -4.41. The molecule has 21 heavy (non-hydrogen) atoms. The van der Waals surface area contributed by atoms with Gasteiger partial charge in [-0.1, -0.05) is 12.1 Å². The van der Waals surface area contributed by atoms with E-state index >= 15 is 0 Å². The summed E-state index contributed by atoms with van der Waals surface area (Å²) in [5, 5.41) is 12.5. The van der Waals surface area contributed by atoms with Crippen LogP contribution in [0.2, 0.25) is 0 Å². The third-order valence-electron chi connectivity index (χ3n) is 2.52. The van der Waals surface area contributed by atoms with E-state index in [0.717, 1.165) is 17.8 Å². The van der Waals surface area contributed by atoms with Gasteiger partial charge >= 0.3 is 6.18 Å². The topological polar surface area (TPSA) is 61.1 Å². The molecule has 1 heterocycles. The van der Waals surface area contributed by atoms with Crippen LogP contribution in [0.3, 0.4) is 0 Å². The van der Waals surface area contributed by atoms with Gasteiger partial charge in [-0.2, -0.15) is 23.5 Å². The van der Waals surface area contributed by atoms with Crippen molar-refractivity contribution >= 4 is 12.0 Å². The molecular weight excluding hydrogens is 281 g/mol. The first kappa shape index (κ1) is 14.5. The average molecular weight is 290 g/mol. The van der Waals surface area contributed by atoms with E-state index in [1.54, 1.807) is 24.3 Å². The molecule has 0 fully saturated rings. The maximum absolute atomic E-state index is 12.3. The number of hydrogen-bond donors (Lipinski definition) is 1. The van der Waals surface area contributed by atoms with Gasteiger partial charge in [-0.05, 0) is 29.8 Å². The number of aromatic nitrogens is 1. The van der Waals surface area contributed by atoms with Crippen LogP contribution in [-0.2, 0) is 6.18 Å². The standard InChI is InChI=1S/C14H9F3N4/c15-14(16,17)12-5-6-13(19-9-12)21-20-8-11-3-1-10(7-18)2-4-11/h1-6,8-9H,(H,19,21). The van der Waals surface area contributed by atoms with Crippen LogP contribution < -0.4 is 5.43 Å². The summed E-state index contributed by atoms with van der Waals surface area (Å²) in [7, 11) is 0. The molecule has 0 bridgehead atoms. The van der Waals surface area contributed by atoms with Gasteiger partial charge in [-0.25, -0.2) is 4.98 Å². The van der Waals surface area contributed by atoms with E-state index in [2.05, 4.69) is 15.5 Å². The fourth-order valence-electron chi connectivity index (χ4n) is 1.44. The normalized spacial score (nSPS) is 11.3. The van der Waals surface area contributed by atoms with Crippen molar-refractivity contribution in [2.45, 2.75) is 6.18 Å². The maximum Gasteiger partial charge on any atom is 0.417 e. The van der Waals surface area contributed by atoms with Crippen LogP contribution in [0, 0.1) is 11.3 Å². The Morgan fingerprint density at radius 2 is 1.86 bits per heavy atom. The SMILES string of the molecule is N#Cc1ccc(C=NNc2ccc(C(F)(F)F)cn2)cc1. The lowest BCUT2D eigenvalue weighted by Crippen LogP contribution is -2.05. The zero-order chi connectivity index (χ0) is 15.3. The summed E-state index contributed by atoms with van der Waals surface area (Å²) in [4.78, 5) is 3.62. The molecule has 7 heteroatoms. The van der Waals surface area contributed by atoms with Crippen LogP contribution in [0.15, 0.2) is 47.7 Å². The number of benzene rings is 1. The Hall–Kier alpha value is -2.88. The lowest BCUT2D eigenvalue weighted by molar-refractivity contribution is -0.137. The van der Waals surface area contributed by atoms with Gasteiger partial charge in [0.15, 0.2) is 0 Å². The number of pyridine rings is 1. The molecule has 0 unspecified atom stereocenters. The molecule has 0 aliphatic carbocycles. The number of alkyl halides is 3. The summed E-state index contributed by atoms with van der Waals surface area (Å²) >= 11 is 0. The number of anilines is 1. The van der Waals surface area contributed by atoms with Gasteiger partial charge < -0.3 is 0 Å². The summed E-state index contributed by atoms with van der Waals surface area (Å²) in [6, 6.07) is 10.8.